The van der Waals surface area contributed by atoms with Gasteiger partial charge in [0.2, 0.25) is 5.91 Å². The molecule has 6 nitrogen and oxygen atoms in total. The number of amides is 1. The lowest BCUT2D eigenvalue weighted by Gasteiger charge is -2.22. The van der Waals surface area contributed by atoms with E-state index in [-0.39, 0.29) is 23.7 Å². The molecule has 1 rings (SSSR count). The van der Waals surface area contributed by atoms with Gasteiger partial charge in [0, 0.05) is 11.6 Å². The average Bonchev–Trinajstić information content (AvgIpc) is 2.89. The quantitative estimate of drug-likeness (QED) is 0.320. The van der Waals surface area contributed by atoms with Crippen LogP contribution in [0.2, 0.25) is 0 Å². The van der Waals surface area contributed by atoms with Gasteiger partial charge >= 0.3 is 0 Å². The molecule has 7 heteroatoms. The Balaban J connectivity index is 2.81. The number of hydrogen-bond acceptors (Lipinski definition) is 5. The number of nitrogens with zero attached hydrogens (tertiary/aromatic N) is 2. The van der Waals surface area contributed by atoms with Crippen LogP contribution in [0.3, 0.4) is 0 Å². The highest BCUT2D eigenvalue weighted by Gasteiger charge is 2.28. The number of amidine groups is 1. The van der Waals surface area contributed by atoms with Crippen LogP contribution >= 0.6 is 11.3 Å². The van der Waals surface area contributed by atoms with Crippen molar-refractivity contribution in [1.82, 2.24) is 10.3 Å². The standard InChI is InChI=1S/C12H20N4O2S/c1-4-8(12-14-5-6-19-12)15-11(17)9(7(2)3)10(13)16-18/h5-9,18H,4H2,1-3H3,(H2,13,16)(H,15,17). The number of hydrogen-bond donors (Lipinski definition) is 3. The topological polar surface area (TPSA) is 101 Å². The maximum atomic E-state index is 12.2. The van der Waals surface area contributed by atoms with E-state index in [0.717, 1.165) is 11.4 Å². The van der Waals surface area contributed by atoms with E-state index >= 15 is 0 Å². The van der Waals surface area contributed by atoms with Gasteiger partial charge in [0.25, 0.3) is 0 Å². The number of aromatic nitrogens is 1. The highest BCUT2D eigenvalue weighted by molar-refractivity contribution is 7.09. The Morgan fingerprint density at radius 3 is 2.74 bits per heavy atom. The van der Waals surface area contributed by atoms with E-state index in [1.807, 2.05) is 26.2 Å². The molecule has 2 atom stereocenters. The molecule has 0 saturated heterocycles. The number of carbonyl (C=O) groups is 1. The summed E-state index contributed by atoms with van der Waals surface area (Å²) in [6, 6.07) is -0.139. The Hall–Kier alpha value is -1.63. The monoisotopic (exact) mass is 284 g/mol. The first kappa shape index (κ1) is 15.4. The zero-order valence-corrected chi connectivity index (χ0v) is 12.1. The summed E-state index contributed by atoms with van der Waals surface area (Å²) in [4.78, 5) is 16.4. The largest absolute Gasteiger partial charge is 0.409 e. The van der Waals surface area contributed by atoms with Gasteiger partial charge in [-0.3, -0.25) is 4.79 Å². The van der Waals surface area contributed by atoms with E-state index in [9.17, 15) is 4.79 Å². The maximum Gasteiger partial charge on any atom is 0.231 e. The van der Waals surface area contributed by atoms with Gasteiger partial charge < -0.3 is 16.3 Å². The Kier molecular flexibility index (Phi) is 5.75. The molecule has 0 saturated carbocycles. The fourth-order valence-corrected chi connectivity index (χ4v) is 2.62. The molecule has 1 aromatic heterocycles. The Morgan fingerprint density at radius 1 is 1.63 bits per heavy atom. The molecule has 4 N–H and O–H groups in total. The molecule has 0 aliphatic carbocycles. The third-order valence-corrected chi connectivity index (χ3v) is 3.75. The number of oxime groups is 1. The molecule has 1 aromatic rings. The second kappa shape index (κ2) is 7.08. The van der Waals surface area contributed by atoms with Crippen molar-refractivity contribution >= 4 is 23.1 Å². The minimum absolute atomic E-state index is 0.0512. The summed E-state index contributed by atoms with van der Waals surface area (Å²) >= 11 is 1.50. The smallest absolute Gasteiger partial charge is 0.231 e. The summed E-state index contributed by atoms with van der Waals surface area (Å²) in [7, 11) is 0. The van der Waals surface area contributed by atoms with Crippen LogP contribution in [0.15, 0.2) is 16.7 Å². The van der Waals surface area contributed by atoms with E-state index in [0.29, 0.717) is 0 Å². The molecule has 2 unspecified atom stereocenters. The third-order valence-electron chi connectivity index (χ3n) is 2.86. The fraction of sp³-hybridized carbons (Fsp3) is 0.583. The first-order valence-electron chi connectivity index (χ1n) is 6.18. The van der Waals surface area contributed by atoms with Crippen molar-refractivity contribution in [3.05, 3.63) is 16.6 Å². The molecule has 0 aliphatic heterocycles. The van der Waals surface area contributed by atoms with Crippen molar-refractivity contribution in [1.29, 1.82) is 0 Å². The van der Waals surface area contributed by atoms with Crippen LogP contribution in [-0.4, -0.2) is 21.9 Å². The van der Waals surface area contributed by atoms with Gasteiger partial charge in [-0.15, -0.1) is 11.3 Å². The van der Waals surface area contributed by atoms with E-state index in [1.165, 1.54) is 11.3 Å². The molecular formula is C12H20N4O2S. The van der Waals surface area contributed by atoms with E-state index < -0.39 is 5.92 Å². The first-order chi connectivity index (χ1) is 9.01. The van der Waals surface area contributed by atoms with Crippen molar-refractivity contribution in [2.45, 2.75) is 33.2 Å². The molecule has 0 bridgehead atoms. The van der Waals surface area contributed by atoms with Crippen molar-refractivity contribution in [2.24, 2.45) is 22.7 Å². The molecule has 19 heavy (non-hydrogen) atoms. The second-order valence-corrected chi connectivity index (χ2v) is 5.51. The van der Waals surface area contributed by atoms with Gasteiger partial charge in [-0.2, -0.15) is 0 Å². The number of carbonyl (C=O) groups excluding carboxylic acids is 1. The maximum absolute atomic E-state index is 12.2. The zero-order chi connectivity index (χ0) is 14.4. The van der Waals surface area contributed by atoms with Crippen LogP contribution < -0.4 is 11.1 Å². The third kappa shape index (κ3) is 3.92. The molecule has 106 valence electrons. The summed E-state index contributed by atoms with van der Waals surface area (Å²) in [5.41, 5.74) is 5.58. The lowest BCUT2D eigenvalue weighted by atomic mass is 9.93. The number of rotatable bonds is 6. The zero-order valence-electron chi connectivity index (χ0n) is 11.3. The highest BCUT2D eigenvalue weighted by atomic mass is 32.1. The van der Waals surface area contributed by atoms with E-state index in [1.54, 1.807) is 6.20 Å². The van der Waals surface area contributed by atoms with Gasteiger partial charge in [-0.1, -0.05) is 25.9 Å². The number of nitrogens with one attached hydrogen (secondary N) is 1. The summed E-state index contributed by atoms with van der Waals surface area (Å²) < 4.78 is 0. The van der Waals surface area contributed by atoms with Gasteiger partial charge in [-0.25, -0.2) is 4.98 Å². The van der Waals surface area contributed by atoms with Gasteiger partial charge in [0.1, 0.15) is 10.9 Å². The Labute approximate surface area is 116 Å². The highest BCUT2D eigenvalue weighted by Crippen LogP contribution is 2.20. The van der Waals surface area contributed by atoms with Crippen molar-refractivity contribution in [3.63, 3.8) is 0 Å². The summed E-state index contributed by atoms with van der Waals surface area (Å²) in [6.07, 6.45) is 2.44. The normalized spacial score (nSPS) is 15.3. The molecular weight excluding hydrogens is 264 g/mol. The van der Waals surface area contributed by atoms with E-state index in [2.05, 4.69) is 15.5 Å². The molecule has 0 radical (unpaired) electrons. The molecule has 0 aromatic carbocycles. The second-order valence-electron chi connectivity index (χ2n) is 4.59. The molecule has 0 fully saturated rings. The predicted octanol–water partition coefficient (Wildman–Crippen LogP) is 1.73. The van der Waals surface area contributed by atoms with Crippen molar-refractivity contribution < 1.29 is 10.0 Å². The minimum atomic E-state index is -0.640. The average molecular weight is 284 g/mol. The molecule has 1 amide bonds. The molecule has 1 heterocycles. The van der Waals surface area contributed by atoms with Crippen LogP contribution in [-0.2, 0) is 4.79 Å². The Morgan fingerprint density at radius 2 is 2.32 bits per heavy atom. The summed E-state index contributed by atoms with van der Waals surface area (Å²) in [6.45, 7) is 5.68. The van der Waals surface area contributed by atoms with Crippen LogP contribution in [0.5, 0.6) is 0 Å². The van der Waals surface area contributed by atoms with Crippen LogP contribution in [0, 0.1) is 11.8 Å². The van der Waals surface area contributed by atoms with Crippen molar-refractivity contribution in [3.8, 4) is 0 Å². The SMILES string of the molecule is CCC(NC(=O)C(C(N)=NO)C(C)C)c1nccs1. The van der Waals surface area contributed by atoms with Gasteiger partial charge in [0.05, 0.1) is 6.04 Å². The summed E-state index contributed by atoms with van der Waals surface area (Å²) in [5.74, 6) is -1.00. The Bertz CT molecular complexity index is 431. The lowest BCUT2D eigenvalue weighted by molar-refractivity contribution is -0.124. The first-order valence-corrected chi connectivity index (χ1v) is 7.06. The van der Waals surface area contributed by atoms with Gasteiger partial charge in [-0.05, 0) is 12.3 Å². The minimum Gasteiger partial charge on any atom is -0.409 e. The van der Waals surface area contributed by atoms with Gasteiger partial charge in [0.15, 0.2) is 5.84 Å². The van der Waals surface area contributed by atoms with Crippen LogP contribution in [0.25, 0.3) is 0 Å². The fourth-order valence-electron chi connectivity index (χ4n) is 1.85. The number of nitrogens with two attached hydrogens (primary N) is 1. The lowest BCUT2D eigenvalue weighted by Crippen LogP contribution is -2.43. The molecule has 0 spiro atoms. The molecule has 0 aliphatic rings. The van der Waals surface area contributed by atoms with Crippen LogP contribution in [0.4, 0.5) is 0 Å². The van der Waals surface area contributed by atoms with Crippen LogP contribution in [0.1, 0.15) is 38.2 Å². The van der Waals surface area contributed by atoms with E-state index in [4.69, 9.17) is 10.9 Å². The van der Waals surface area contributed by atoms with Crippen molar-refractivity contribution in [2.75, 3.05) is 0 Å². The number of thiazole rings is 1. The predicted molar refractivity (Wildman–Crippen MR) is 75.0 cm³/mol. The summed E-state index contributed by atoms with van der Waals surface area (Å²) in [5, 5.41) is 17.3.